The highest BCUT2D eigenvalue weighted by Gasteiger charge is 2.29. The number of ether oxygens (including phenoxy) is 3. The van der Waals surface area contributed by atoms with Crippen LogP contribution in [0.4, 0.5) is 4.79 Å². The molecule has 0 N–H and O–H groups in total. The van der Waals surface area contributed by atoms with E-state index >= 15 is 0 Å². The van der Waals surface area contributed by atoms with Crippen LogP contribution in [-0.4, -0.2) is 69.2 Å². The second kappa shape index (κ2) is 13.6. The van der Waals surface area contributed by atoms with Crippen LogP contribution in [0.25, 0.3) is 11.0 Å². The van der Waals surface area contributed by atoms with E-state index in [2.05, 4.69) is 14.8 Å². The second-order valence-corrected chi connectivity index (χ2v) is 11.5. The van der Waals surface area contributed by atoms with Crippen LogP contribution in [0.3, 0.4) is 0 Å². The molecule has 0 bridgehead atoms. The summed E-state index contributed by atoms with van der Waals surface area (Å²) in [7, 11) is 5.81. The molecule has 0 saturated heterocycles. The third-order valence-electron chi connectivity index (χ3n) is 5.07. The third-order valence-corrected chi connectivity index (χ3v) is 8.62. The Morgan fingerprint density at radius 2 is 1.89 bits per heavy atom. The highest BCUT2D eigenvalue weighted by molar-refractivity contribution is 8.76. The highest BCUT2D eigenvalue weighted by atomic mass is 33.1. The van der Waals surface area contributed by atoms with E-state index in [4.69, 9.17) is 14.2 Å². The molecular weight excluding hydrogens is 544 g/mol. The van der Waals surface area contributed by atoms with Crippen molar-refractivity contribution in [2.24, 2.45) is 0 Å². The van der Waals surface area contributed by atoms with Gasteiger partial charge in [-0.25, -0.2) is 4.79 Å². The number of hydrogen-bond acceptors (Lipinski definition) is 12. The number of nitrogens with zero attached hydrogens (tertiary/aromatic N) is 4. The van der Waals surface area contributed by atoms with Crippen molar-refractivity contribution in [3.05, 3.63) is 51.3 Å². The Kier molecular flexibility index (Phi) is 10.5. The van der Waals surface area contributed by atoms with E-state index in [9.17, 15) is 19.5 Å². The Balaban J connectivity index is 1.77. The van der Waals surface area contributed by atoms with Gasteiger partial charge in [0.15, 0.2) is 5.75 Å². The van der Waals surface area contributed by atoms with Crippen LogP contribution in [0.15, 0.2) is 29.6 Å². The summed E-state index contributed by atoms with van der Waals surface area (Å²) in [5, 5.41) is 9.35. The summed E-state index contributed by atoms with van der Waals surface area (Å²) < 4.78 is 30.8. The molecule has 0 aliphatic rings. The first-order chi connectivity index (χ1) is 17.8. The van der Waals surface area contributed by atoms with Gasteiger partial charge in [-0.3, -0.25) is 4.98 Å². The van der Waals surface area contributed by atoms with Crippen molar-refractivity contribution in [2.45, 2.75) is 24.8 Å². The van der Waals surface area contributed by atoms with Gasteiger partial charge in [0.05, 0.1) is 30.9 Å². The maximum atomic E-state index is 13.5. The predicted octanol–water partition coefficient (Wildman–Crippen LogP) is 3.95. The second-order valence-electron chi connectivity index (χ2n) is 7.44. The van der Waals surface area contributed by atoms with Crippen molar-refractivity contribution in [1.29, 1.82) is 0 Å². The van der Waals surface area contributed by atoms with Crippen molar-refractivity contribution >= 4 is 49.9 Å². The van der Waals surface area contributed by atoms with Gasteiger partial charge in [0.2, 0.25) is 0 Å². The molecule has 1 unspecified atom stereocenters. The summed E-state index contributed by atoms with van der Waals surface area (Å²) in [6, 6.07) is 5.00. The van der Waals surface area contributed by atoms with Crippen LogP contribution in [0.2, 0.25) is 0 Å². The Bertz CT molecular complexity index is 1260. The zero-order chi connectivity index (χ0) is 26.9. The first-order valence-corrected chi connectivity index (χ1v) is 14.7. The fourth-order valence-corrected chi connectivity index (χ4v) is 6.28. The number of methoxy groups -OCH3 is 2. The molecular formula is C22H26N4O8S3. The van der Waals surface area contributed by atoms with Gasteiger partial charge in [-0.1, -0.05) is 21.6 Å². The number of imidazole rings is 1. The minimum atomic E-state index is -1.74. The largest absolute Gasteiger partial charge is 0.609 e. The topological polar surface area (TPSA) is 151 Å². The predicted molar refractivity (Wildman–Crippen MR) is 141 cm³/mol. The van der Waals surface area contributed by atoms with Crippen LogP contribution in [0.1, 0.15) is 16.8 Å². The maximum Gasteiger partial charge on any atom is 0.423 e. The van der Waals surface area contributed by atoms with Crippen molar-refractivity contribution in [2.75, 3.05) is 38.9 Å². The standard InChI is InChI=1S/C22H26N4O8S3/c1-14-12-23-18(15(2)20(14)32-4)13-37(30)21-24-17-6-5-16(31-3)11-19(17)25(21)22(27)33-7-9-35-36-10-8-34-26(28)29/h5-6,11-12H,7-10,13H2,1-4H3. The molecule has 0 aliphatic heterocycles. The molecule has 3 aromatic rings. The molecule has 2 heterocycles. The Morgan fingerprint density at radius 3 is 2.57 bits per heavy atom. The van der Waals surface area contributed by atoms with Crippen LogP contribution in [0, 0.1) is 24.0 Å². The van der Waals surface area contributed by atoms with Crippen molar-refractivity contribution in [3.8, 4) is 11.5 Å². The van der Waals surface area contributed by atoms with Crippen LogP contribution >= 0.6 is 21.6 Å². The Labute approximate surface area is 224 Å². The van der Waals surface area contributed by atoms with Crippen molar-refractivity contribution < 1.29 is 33.5 Å². The molecule has 0 aliphatic carbocycles. The monoisotopic (exact) mass is 570 g/mol. The van der Waals surface area contributed by atoms with Crippen LogP contribution in [-0.2, 0) is 26.5 Å². The number of carbonyl (C=O) groups excluding carboxylic acids is 1. The SMILES string of the molecule is COc1ccc2nc([S+]([O-])Cc3ncc(C)c(OC)c3C)n(C(=O)OCCSSCCO[N+](=O)[O-])c2c1. The van der Waals surface area contributed by atoms with Crippen LogP contribution in [0.5, 0.6) is 11.5 Å². The quantitative estimate of drug-likeness (QED) is 0.0962. The molecule has 3 rings (SSSR count). The Morgan fingerprint density at radius 1 is 1.16 bits per heavy atom. The molecule has 37 heavy (non-hydrogen) atoms. The molecule has 1 aromatic carbocycles. The van der Waals surface area contributed by atoms with E-state index in [1.54, 1.807) is 31.5 Å². The lowest BCUT2D eigenvalue weighted by Crippen LogP contribution is -2.21. The molecule has 0 fully saturated rings. The lowest BCUT2D eigenvalue weighted by atomic mass is 10.1. The molecule has 0 spiro atoms. The molecule has 0 amide bonds. The van der Waals surface area contributed by atoms with E-state index in [0.717, 1.165) is 11.1 Å². The normalized spacial score (nSPS) is 11.8. The molecule has 15 heteroatoms. The minimum absolute atomic E-state index is 0.0227. The van der Waals surface area contributed by atoms with Gasteiger partial charge >= 0.3 is 11.2 Å². The zero-order valence-electron chi connectivity index (χ0n) is 20.6. The molecule has 2 aromatic heterocycles. The van der Waals surface area contributed by atoms with Crippen LogP contribution < -0.4 is 9.47 Å². The molecule has 200 valence electrons. The van der Waals surface area contributed by atoms with E-state index in [1.165, 1.54) is 33.3 Å². The minimum Gasteiger partial charge on any atom is -0.609 e. The number of carbonyl (C=O) groups is 1. The Hall–Kier alpha value is -2.88. The van der Waals surface area contributed by atoms with E-state index in [-0.39, 0.29) is 24.1 Å². The lowest BCUT2D eigenvalue weighted by Gasteiger charge is -2.15. The average Bonchev–Trinajstić information content (AvgIpc) is 3.26. The van der Waals surface area contributed by atoms with E-state index < -0.39 is 22.4 Å². The fourth-order valence-electron chi connectivity index (χ4n) is 3.39. The number of hydrogen-bond donors (Lipinski definition) is 0. The summed E-state index contributed by atoms with van der Waals surface area (Å²) in [6.45, 7) is 3.76. The number of rotatable bonds is 13. The summed E-state index contributed by atoms with van der Waals surface area (Å²) >= 11 is -1.74. The van der Waals surface area contributed by atoms with Gasteiger partial charge in [-0.2, -0.15) is 9.55 Å². The van der Waals surface area contributed by atoms with Crippen molar-refractivity contribution in [3.63, 3.8) is 0 Å². The van der Waals surface area contributed by atoms with Gasteiger partial charge < -0.3 is 23.6 Å². The highest BCUT2D eigenvalue weighted by Crippen LogP contribution is 2.29. The summed E-state index contributed by atoms with van der Waals surface area (Å²) in [5.41, 5.74) is 3.06. The summed E-state index contributed by atoms with van der Waals surface area (Å²) in [5.74, 6) is 2.04. The number of aromatic nitrogens is 3. The smallest absolute Gasteiger partial charge is 0.423 e. The lowest BCUT2D eigenvalue weighted by molar-refractivity contribution is -0.756. The van der Waals surface area contributed by atoms with Gasteiger partial charge in [0.25, 0.3) is 5.09 Å². The average molecular weight is 571 g/mol. The number of fused-ring (bicyclic) bond motifs is 1. The van der Waals surface area contributed by atoms with Gasteiger partial charge in [-0.05, 0) is 26.0 Å². The third kappa shape index (κ3) is 7.34. The molecule has 0 radical (unpaired) electrons. The maximum absolute atomic E-state index is 13.5. The van der Waals surface area contributed by atoms with Gasteiger partial charge in [0, 0.05) is 46.1 Å². The number of benzene rings is 1. The molecule has 12 nitrogen and oxygen atoms in total. The van der Waals surface area contributed by atoms with E-state index in [0.29, 0.717) is 39.7 Å². The first-order valence-electron chi connectivity index (χ1n) is 10.9. The van der Waals surface area contributed by atoms with E-state index in [1.807, 2.05) is 13.8 Å². The van der Waals surface area contributed by atoms with Crippen molar-refractivity contribution in [1.82, 2.24) is 14.5 Å². The van der Waals surface area contributed by atoms with Gasteiger partial charge in [0.1, 0.15) is 24.7 Å². The zero-order valence-corrected chi connectivity index (χ0v) is 23.1. The fraction of sp³-hybridized carbons (Fsp3) is 0.409. The molecule has 0 saturated carbocycles. The number of pyridine rings is 1. The summed E-state index contributed by atoms with van der Waals surface area (Å²) in [4.78, 5) is 36.4. The summed E-state index contributed by atoms with van der Waals surface area (Å²) in [6.07, 6.45) is 0.923. The first kappa shape index (κ1) is 28.7. The molecule has 1 atom stereocenters. The number of aryl methyl sites for hydroxylation is 1. The van der Waals surface area contributed by atoms with Gasteiger partial charge in [-0.15, -0.1) is 10.1 Å².